The van der Waals surface area contributed by atoms with E-state index >= 15 is 0 Å². The number of hydrogen-bond acceptors (Lipinski definition) is 9. The van der Waals surface area contributed by atoms with Crippen molar-refractivity contribution in [3.63, 3.8) is 0 Å². The Morgan fingerprint density at radius 2 is 1.69 bits per heavy atom. The molecule has 4 aliphatic carbocycles. The summed E-state index contributed by atoms with van der Waals surface area (Å²) in [6, 6.07) is 11.7. The molecule has 6 rings (SSSR count). The Balaban J connectivity index is 1.35. The molecule has 8 atom stereocenters. The molecule has 3 saturated carbocycles. The van der Waals surface area contributed by atoms with Crippen molar-refractivity contribution < 1.29 is 22.4 Å². The first kappa shape index (κ1) is 37.1. The Morgan fingerprint density at radius 1 is 0.941 bits per heavy atom. The van der Waals surface area contributed by atoms with Gasteiger partial charge in [0.2, 0.25) is 0 Å². The molecule has 0 heterocycles. The van der Waals surface area contributed by atoms with E-state index in [1.54, 1.807) is 30.3 Å². The third kappa shape index (κ3) is 7.23. The number of hydrazone groups is 1. The number of nitrogens with zero attached hydrogens (tertiary/aromatic N) is 3. The van der Waals surface area contributed by atoms with Crippen molar-refractivity contribution in [3.05, 3.63) is 80.4 Å². The van der Waals surface area contributed by atoms with Crippen molar-refractivity contribution in [2.24, 2.45) is 51.4 Å². The molecule has 1 N–H and O–H groups in total. The molecule has 0 amide bonds. The van der Waals surface area contributed by atoms with Gasteiger partial charge in [-0.3, -0.25) is 29.8 Å². The molecule has 51 heavy (non-hydrogen) atoms. The number of benzene rings is 2. The van der Waals surface area contributed by atoms with Crippen LogP contribution in [0.3, 0.4) is 0 Å². The first-order valence-electron chi connectivity index (χ1n) is 18.6. The zero-order valence-corrected chi connectivity index (χ0v) is 31.2. The molecular weight excluding hydrogens is 669 g/mol. The van der Waals surface area contributed by atoms with Crippen LogP contribution in [0.1, 0.15) is 98.8 Å². The minimum atomic E-state index is -3.95. The van der Waals surface area contributed by atoms with Crippen molar-refractivity contribution in [1.82, 2.24) is 0 Å². The van der Waals surface area contributed by atoms with Gasteiger partial charge in [-0.15, -0.1) is 0 Å². The number of nitro groups is 2. The lowest BCUT2D eigenvalue weighted by molar-refractivity contribution is -0.393. The highest BCUT2D eigenvalue weighted by Crippen LogP contribution is 2.67. The van der Waals surface area contributed by atoms with Crippen LogP contribution >= 0.6 is 0 Å². The lowest BCUT2D eigenvalue weighted by Crippen LogP contribution is -2.54. The predicted octanol–water partition coefficient (Wildman–Crippen LogP) is 9.70. The van der Waals surface area contributed by atoms with Crippen LogP contribution < -0.4 is 5.43 Å². The van der Waals surface area contributed by atoms with Crippen LogP contribution in [0.5, 0.6) is 0 Å². The van der Waals surface area contributed by atoms with Crippen LogP contribution in [0.4, 0.5) is 17.1 Å². The molecule has 0 radical (unpaired) electrons. The summed E-state index contributed by atoms with van der Waals surface area (Å²) in [4.78, 5) is 22.2. The molecule has 2 aromatic rings. The Bertz CT molecular complexity index is 1810. The minimum Gasteiger partial charge on any atom is -0.271 e. The van der Waals surface area contributed by atoms with Gasteiger partial charge in [0.25, 0.3) is 15.8 Å². The number of anilines is 1. The summed E-state index contributed by atoms with van der Waals surface area (Å²) in [7, 11) is -3.95. The van der Waals surface area contributed by atoms with Crippen LogP contribution in [0, 0.1) is 66.6 Å². The maximum atomic E-state index is 13.2. The summed E-state index contributed by atoms with van der Waals surface area (Å²) < 4.78 is 32.3. The third-order valence-corrected chi connectivity index (χ3v) is 14.5. The summed E-state index contributed by atoms with van der Waals surface area (Å²) in [6.07, 6.45) is 11.6. The fraction of sp³-hybridized carbons (Fsp3) is 0.615. The highest BCUT2D eigenvalue weighted by atomic mass is 32.2. The average molecular weight is 721 g/mol. The van der Waals surface area contributed by atoms with Crippen LogP contribution in [-0.4, -0.2) is 30.1 Å². The first-order valence-corrected chi connectivity index (χ1v) is 20.0. The molecule has 0 unspecified atom stereocenters. The standard InChI is InChI=1S/C39H52N4O7S/c1-25(2)10-9-11-26(3)31-15-16-32-37-33(19-21-39(31,32)5)38(4)20-18-29(50-51(48,49)30-12-7-6-8-13-30)22-27(38)23-35(37)41-40-34-17-14-28(42(44)45)24-36(34)43(46)47/h6-8,12-14,17,23-26,29,31-33,37,40H,9-11,15-16,18-22H2,1-5H3/b41-35-/t26-,29+,31-,32+,33+,37+,38+,39-/m1/s1. The van der Waals surface area contributed by atoms with E-state index in [9.17, 15) is 28.6 Å². The molecule has 0 aromatic heterocycles. The second-order valence-corrected chi connectivity index (χ2v) is 18.0. The number of hydrogen-bond donors (Lipinski definition) is 1. The average Bonchev–Trinajstić information content (AvgIpc) is 3.44. The van der Waals surface area contributed by atoms with Gasteiger partial charge in [0.1, 0.15) is 5.69 Å². The van der Waals surface area contributed by atoms with Gasteiger partial charge in [-0.2, -0.15) is 13.5 Å². The first-order chi connectivity index (χ1) is 24.1. The van der Waals surface area contributed by atoms with Crippen molar-refractivity contribution in [2.45, 2.75) is 110 Å². The topological polar surface area (TPSA) is 154 Å². The van der Waals surface area contributed by atoms with Gasteiger partial charge < -0.3 is 0 Å². The van der Waals surface area contributed by atoms with Gasteiger partial charge in [-0.1, -0.05) is 77.7 Å². The van der Waals surface area contributed by atoms with Gasteiger partial charge in [-0.05, 0) is 110 Å². The number of nitrogens with one attached hydrogen (secondary N) is 1. The van der Waals surface area contributed by atoms with E-state index in [0.29, 0.717) is 36.5 Å². The monoisotopic (exact) mass is 720 g/mol. The summed E-state index contributed by atoms with van der Waals surface area (Å²) >= 11 is 0. The summed E-state index contributed by atoms with van der Waals surface area (Å²) in [5, 5.41) is 28.3. The quantitative estimate of drug-likeness (QED) is 0.129. The van der Waals surface area contributed by atoms with Gasteiger partial charge in [0, 0.05) is 12.0 Å². The minimum absolute atomic E-state index is 0.0850. The van der Waals surface area contributed by atoms with Gasteiger partial charge >= 0.3 is 5.69 Å². The Morgan fingerprint density at radius 3 is 2.37 bits per heavy atom. The molecule has 276 valence electrons. The predicted molar refractivity (Wildman–Crippen MR) is 198 cm³/mol. The van der Waals surface area contributed by atoms with Gasteiger partial charge in [0.05, 0.1) is 32.6 Å². The van der Waals surface area contributed by atoms with Crippen molar-refractivity contribution in [2.75, 3.05) is 5.43 Å². The van der Waals surface area contributed by atoms with E-state index in [1.165, 1.54) is 37.8 Å². The third-order valence-electron chi connectivity index (χ3n) is 13.1. The van der Waals surface area contributed by atoms with Crippen molar-refractivity contribution >= 4 is 32.9 Å². The maximum Gasteiger partial charge on any atom is 0.301 e. The Hall–Kier alpha value is -3.64. The van der Waals surface area contributed by atoms with Crippen LogP contribution in [0.25, 0.3) is 0 Å². The molecule has 11 nitrogen and oxygen atoms in total. The molecule has 3 fully saturated rings. The van der Waals surface area contributed by atoms with E-state index in [4.69, 9.17) is 9.28 Å². The van der Waals surface area contributed by atoms with E-state index in [0.717, 1.165) is 43.0 Å². The lowest BCUT2D eigenvalue weighted by Gasteiger charge is -2.58. The molecule has 2 aromatic carbocycles. The number of fused-ring (bicyclic) bond motifs is 5. The maximum absolute atomic E-state index is 13.2. The fourth-order valence-corrected chi connectivity index (χ4v) is 11.6. The molecule has 0 bridgehead atoms. The van der Waals surface area contributed by atoms with Gasteiger partial charge in [-0.25, -0.2) is 0 Å². The largest absolute Gasteiger partial charge is 0.301 e. The normalized spacial score (nSPS) is 31.7. The Kier molecular flexibility index (Phi) is 10.5. The SMILES string of the molecule is CC(C)CCC[C@@H](C)[C@H]1CC[C@H]2[C@@H]3/C(=N\Nc4ccc([N+](=O)[O-])cc4[N+](=O)[O-])C=C4C[C@@H](OS(=O)(=O)c5ccccc5)CC[C@]4(C)[C@H]3CC[C@]12C. The molecule has 4 aliphatic rings. The number of non-ortho nitro benzene ring substituents is 1. The highest BCUT2D eigenvalue weighted by molar-refractivity contribution is 7.86. The summed E-state index contributed by atoms with van der Waals surface area (Å²) in [5.74, 6) is 2.67. The van der Waals surface area contributed by atoms with Crippen LogP contribution in [0.2, 0.25) is 0 Å². The summed E-state index contributed by atoms with van der Waals surface area (Å²) in [5.41, 5.74) is 4.14. The fourth-order valence-electron chi connectivity index (χ4n) is 10.4. The number of rotatable bonds is 12. The second kappa shape index (κ2) is 14.4. The highest BCUT2D eigenvalue weighted by Gasteiger charge is 2.61. The molecule has 0 spiro atoms. The van der Waals surface area contributed by atoms with Crippen LogP contribution in [0.15, 0.2) is 70.2 Å². The molecule has 12 heteroatoms. The zero-order chi connectivity index (χ0) is 36.7. The second-order valence-electron chi connectivity index (χ2n) is 16.4. The van der Waals surface area contributed by atoms with E-state index in [-0.39, 0.29) is 38.9 Å². The molecular formula is C39H52N4O7S. The summed E-state index contributed by atoms with van der Waals surface area (Å²) in [6.45, 7) is 11.8. The van der Waals surface area contributed by atoms with Crippen molar-refractivity contribution in [3.8, 4) is 0 Å². The van der Waals surface area contributed by atoms with Crippen LogP contribution in [-0.2, 0) is 14.3 Å². The molecule has 0 saturated heterocycles. The molecule has 0 aliphatic heterocycles. The number of allylic oxidation sites excluding steroid dienone is 1. The zero-order valence-electron chi connectivity index (χ0n) is 30.4. The van der Waals surface area contributed by atoms with E-state index in [1.807, 2.05) is 0 Å². The lowest BCUT2D eigenvalue weighted by atomic mass is 9.46. The number of nitro benzene ring substituents is 2. The van der Waals surface area contributed by atoms with Crippen molar-refractivity contribution in [1.29, 1.82) is 0 Å². The Labute approximate surface area is 301 Å². The van der Waals surface area contributed by atoms with E-state index < -0.39 is 31.8 Å². The van der Waals surface area contributed by atoms with E-state index in [2.05, 4.69) is 46.1 Å². The van der Waals surface area contributed by atoms with Gasteiger partial charge in [0.15, 0.2) is 0 Å². The smallest absolute Gasteiger partial charge is 0.271 e.